The molecule has 0 radical (unpaired) electrons. The van der Waals surface area contributed by atoms with Crippen LogP contribution in [0, 0.1) is 11.7 Å². The summed E-state index contributed by atoms with van der Waals surface area (Å²) in [5, 5.41) is 3.86. The predicted molar refractivity (Wildman–Crippen MR) is 91.5 cm³/mol. The van der Waals surface area contributed by atoms with E-state index in [-0.39, 0.29) is 5.71 Å². The Hall–Kier alpha value is -3.55. The Morgan fingerprint density at radius 3 is 2.37 bits per heavy atom. The fourth-order valence-electron chi connectivity index (χ4n) is 3.12. The first-order valence-corrected chi connectivity index (χ1v) is 8.11. The maximum Gasteiger partial charge on any atom is 0.308 e. The molecule has 2 atom stereocenters. The van der Waals surface area contributed by atoms with Gasteiger partial charge in [0.05, 0.1) is 5.69 Å². The van der Waals surface area contributed by atoms with Crippen LogP contribution in [0.15, 0.2) is 53.7 Å². The van der Waals surface area contributed by atoms with Crippen LogP contribution in [0.3, 0.4) is 0 Å². The van der Waals surface area contributed by atoms with Gasteiger partial charge in [0, 0.05) is 12.5 Å². The molecule has 2 aromatic rings. The van der Waals surface area contributed by atoms with E-state index in [4.69, 9.17) is 9.57 Å². The van der Waals surface area contributed by atoms with Gasteiger partial charge < -0.3 is 9.57 Å². The summed E-state index contributed by atoms with van der Waals surface area (Å²) < 4.78 is 18.1. The van der Waals surface area contributed by atoms with Crippen molar-refractivity contribution in [1.29, 1.82) is 0 Å². The summed E-state index contributed by atoms with van der Waals surface area (Å²) >= 11 is 0. The number of oxime groups is 1. The van der Waals surface area contributed by atoms with E-state index in [1.165, 1.54) is 55.5 Å². The van der Waals surface area contributed by atoms with Crippen molar-refractivity contribution in [3.05, 3.63) is 59.9 Å². The third-order valence-corrected chi connectivity index (χ3v) is 4.31. The second-order valence-corrected chi connectivity index (χ2v) is 6.09. The van der Waals surface area contributed by atoms with Crippen LogP contribution in [0.1, 0.15) is 12.5 Å². The van der Waals surface area contributed by atoms with E-state index in [2.05, 4.69) is 5.16 Å². The minimum atomic E-state index is -1.05. The number of hydrogen-bond donors (Lipinski definition) is 0. The van der Waals surface area contributed by atoms with Crippen LogP contribution in [0.25, 0.3) is 0 Å². The summed E-state index contributed by atoms with van der Waals surface area (Å²) in [4.78, 5) is 42.8. The molecule has 0 bridgehead atoms. The number of esters is 1. The normalized spacial score (nSPS) is 21.0. The van der Waals surface area contributed by atoms with Crippen LogP contribution in [0.5, 0.6) is 5.75 Å². The topological polar surface area (TPSA) is 85.3 Å². The Morgan fingerprint density at radius 2 is 1.74 bits per heavy atom. The number of anilines is 1. The molecule has 2 heterocycles. The molecule has 8 heteroatoms. The Bertz CT molecular complexity index is 969. The average molecular weight is 368 g/mol. The highest BCUT2D eigenvalue weighted by molar-refractivity contribution is 6.32. The van der Waals surface area contributed by atoms with E-state index in [0.717, 1.165) is 4.90 Å². The summed E-state index contributed by atoms with van der Waals surface area (Å²) in [6, 6.07) is 11.4. The van der Waals surface area contributed by atoms with E-state index in [0.29, 0.717) is 17.0 Å². The van der Waals surface area contributed by atoms with Gasteiger partial charge in [-0.25, -0.2) is 9.29 Å². The van der Waals surface area contributed by atoms with Gasteiger partial charge in [0.25, 0.3) is 5.91 Å². The summed E-state index contributed by atoms with van der Waals surface area (Å²) in [5.74, 6) is -2.50. The average Bonchev–Trinajstić information content (AvgIpc) is 3.17. The van der Waals surface area contributed by atoms with Crippen molar-refractivity contribution in [3.8, 4) is 5.75 Å². The first kappa shape index (κ1) is 16.9. The van der Waals surface area contributed by atoms with Crippen molar-refractivity contribution in [1.82, 2.24) is 0 Å². The second-order valence-electron chi connectivity index (χ2n) is 6.09. The molecule has 4 rings (SSSR count). The van der Waals surface area contributed by atoms with Gasteiger partial charge in [0.15, 0.2) is 0 Å². The van der Waals surface area contributed by atoms with Crippen molar-refractivity contribution in [3.63, 3.8) is 0 Å². The number of amides is 2. The SMILES string of the molecule is CC(=O)Oc1ccc(N2C(=O)C3ON=C(c4ccc(F)cc4)C3C2=O)cc1. The number of carbonyl (C=O) groups is 3. The third kappa shape index (κ3) is 2.84. The van der Waals surface area contributed by atoms with Crippen LogP contribution in [0.2, 0.25) is 0 Å². The molecular formula is C19H13FN2O5. The maximum atomic E-state index is 13.1. The molecule has 0 saturated carbocycles. The van der Waals surface area contributed by atoms with Crippen LogP contribution in [0.4, 0.5) is 10.1 Å². The van der Waals surface area contributed by atoms with Crippen molar-refractivity contribution >= 4 is 29.2 Å². The van der Waals surface area contributed by atoms with Gasteiger partial charge in [0.1, 0.15) is 23.2 Å². The Kier molecular flexibility index (Phi) is 3.95. The standard InChI is InChI=1S/C19H13FN2O5/c1-10(23)26-14-8-6-13(7-9-14)22-18(24)15-16(21-27-17(15)19(22)25)11-2-4-12(20)5-3-11/h2-9,15,17H,1H3. The number of ether oxygens (including phenoxy) is 1. The highest BCUT2D eigenvalue weighted by Crippen LogP contribution is 2.35. The van der Waals surface area contributed by atoms with Crippen LogP contribution < -0.4 is 9.64 Å². The highest BCUT2D eigenvalue weighted by atomic mass is 19.1. The molecular weight excluding hydrogens is 355 g/mol. The van der Waals surface area contributed by atoms with Gasteiger partial charge in [-0.05, 0) is 36.4 Å². The van der Waals surface area contributed by atoms with Gasteiger partial charge in [-0.1, -0.05) is 17.3 Å². The fraction of sp³-hybridized carbons (Fsp3) is 0.158. The molecule has 1 fully saturated rings. The van der Waals surface area contributed by atoms with E-state index in [1.54, 1.807) is 0 Å². The lowest BCUT2D eigenvalue weighted by atomic mass is 9.94. The molecule has 0 N–H and O–H groups in total. The number of carbonyl (C=O) groups excluding carboxylic acids is 3. The van der Waals surface area contributed by atoms with E-state index >= 15 is 0 Å². The zero-order chi connectivity index (χ0) is 19.1. The van der Waals surface area contributed by atoms with E-state index in [1.807, 2.05) is 0 Å². The fourth-order valence-corrected chi connectivity index (χ4v) is 3.12. The van der Waals surface area contributed by atoms with Gasteiger partial charge in [-0.2, -0.15) is 0 Å². The lowest BCUT2D eigenvalue weighted by Gasteiger charge is -2.15. The molecule has 2 aromatic carbocycles. The Labute approximate surface area is 153 Å². The van der Waals surface area contributed by atoms with Gasteiger partial charge in [-0.15, -0.1) is 0 Å². The summed E-state index contributed by atoms with van der Waals surface area (Å²) in [6.45, 7) is 1.27. The first-order valence-electron chi connectivity index (χ1n) is 8.11. The molecule has 7 nitrogen and oxygen atoms in total. The summed E-state index contributed by atoms with van der Waals surface area (Å²) in [5.41, 5.74) is 1.13. The molecule has 2 aliphatic rings. The maximum absolute atomic E-state index is 13.1. The van der Waals surface area contributed by atoms with Crippen molar-refractivity contribution < 1.29 is 28.3 Å². The molecule has 136 valence electrons. The first-order chi connectivity index (χ1) is 13.0. The molecule has 0 spiro atoms. The molecule has 2 aliphatic heterocycles. The lowest BCUT2D eigenvalue weighted by Crippen LogP contribution is -2.33. The van der Waals surface area contributed by atoms with E-state index < -0.39 is 35.6 Å². The van der Waals surface area contributed by atoms with E-state index in [9.17, 15) is 18.8 Å². The Morgan fingerprint density at radius 1 is 1.07 bits per heavy atom. The van der Waals surface area contributed by atoms with Crippen molar-refractivity contribution in [2.75, 3.05) is 4.90 Å². The number of halogens is 1. The number of rotatable bonds is 3. The quantitative estimate of drug-likeness (QED) is 0.470. The zero-order valence-electron chi connectivity index (χ0n) is 14.1. The van der Waals surface area contributed by atoms with Crippen LogP contribution >= 0.6 is 0 Å². The molecule has 0 aromatic heterocycles. The molecule has 0 aliphatic carbocycles. The third-order valence-electron chi connectivity index (χ3n) is 4.31. The largest absolute Gasteiger partial charge is 0.427 e. The monoisotopic (exact) mass is 368 g/mol. The lowest BCUT2D eigenvalue weighted by molar-refractivity contribution is -0.132. The van der Waals surface area contributed by atoms with Crippen LogP contribution in [-0.2, 0) is 19.2 Å². The zero-order valence-corrected chi connectivity index (χ0v) is 14.1. The Balaban J connectivity index is 1.62. The number of imide groups is 1. The van der Waals surface area contributed by atoms with Crippen molar-refractivity contribution in [2.45, 2.75) is 13.0 Å². The molecule has 1 saturated heterocycles. The molecule has 2 amide bonds. The molecule has 2 unspecified atom stereocenters. The molecule has 27 heavy (non-hydrogen) atoms. The number of benzene rings is 2. The highest BCUT2D eigenvalue weighted by Gasteiger charge is 2.56. The predicted octanol–water partition coefficient (Wildman–Crippen LogP) is 2.04. The summed E-state index contributed by atoms with van der Waals surface area (Å²) in [7, 11) is 0. The second kappa shape index (κ2) is 6.31. The smallest absolute Gasteiger partial charge is 0.308 e. The van der Waals surface area contributed by atoms with Crippen LogP contribution in [-0.4, -0.2) is 29.6 Å². The van der Waals surface area contributed by atoms with Gasteiger partial charge in [0.2, 0.25) is 12.0 Å². The number of fused-ring (bicyclic) bond motifs is 1. The van der Waals surface area contributed by atoms with Gasteiger partial charge >= 0.3 is 5.97 Å². The van der Waals surface area contributed by atoms with Crippen molar-refractivity contribution in [2.24, 2.45) is 11.1 Å². The minimum Gasteiger partial charge on any atom is -0.427 e. The number of hydrogen-bond acceptors (Lipinski definition) is 6. The van der Waals surface area contributed by atoms with Gasteiger partial charge in [-0.3, -0.25) is 14.4 Å². The number of nitrogens with zero attached hydrogens (tertiary/aromatic N) is 2. The minimum absolute atomic E-state index is 0.289. The summed E-state index contributed by atoms with van der Waals surface area (Å²) in [6.07, 6.45) is -1.05.